The quantitative estimate of drug-likeness (QED) is 0.393. The zero-order chi connectivity index (χ0) is 18.1. The second kappa shape index (κ2) is 6.50. The first-order valence-electron chi connectivity index (χ1n) is 8.65. The SMILES string of the molecule is CCc1ccc2c(c1)Cc1cc(C(=O)Oc3ccc(C#N)cc3)ccc1-2. The monoisotopic (exact) mass is 339 g/mol. The molecule has 0 saturated carbocycles. The average Bonchev–Trinajstić information content (AvgIpc) is 3.05. The molecule has 0 aliphatic heterocycles. The minimum atomic E-state index is -0.386. The minimum absolute atomic E-state index is 0.386. The fraction of sp³-hybridized carbons (Fsp3) is 0.130. The zero-order valence-electron chi connectivity index (χ0n) is 14.5. The van der Waals surface area contributed by atoms with Gasteiger partial charge in [0.05, 0.1) is 17.2 Å². The van der Waals surface area contributed by atoms with Gasteiger partial charge >= 0.3 is 5.97 Å². The predicted octanol–water partition coefficient (Wildman–Crippen LogP) is 4.91. The smallest absolute Gasteiger partial charge is 0.343 e. The molecule has 4 rings (SSSR count). The summed E-state index contributed by atoms with van der Waals surface area (Å²) in [6.45, 7) is 2.15. The number of nitriles is 1. The first-order chi connectivity index (χ1) is 12.7. The first-order valence-corrected chi connectivity index (χ1v) is 8.65. The average molecular weight is 339 g/mol. The van der Waals surface area contributed by atoms with Crippen molar-refractivity contribution in [1.29, 1.82) is 5.26 Å². The van der Waals surface area contributed by atoms with E-state index in [9.17, 15) is 4.79 Å². The Hall–Kier alpha value is -3.38. The molecule has 3 aromatic carbocycles. The Morgan fingerprint density at radius 1 is 1.00 bits per heavy atom. The van der Waals surface area contributed by atoms with Crippen LogP contribution in [0.5, 0.6) is 5.75 Å². The van der Waals surface area contributed by atoms with Gasteiger partial charge in [-0.05, 0) is 77.1 Å². The number of hydrogen-bond donors (Lipinski definition) is 0. The molecule has 3 aromatic rings. The van der Waals surface area contributed by atoms with Crippen LogP contribution in [0.2, 0.25) is 0 Å². The third-order valence-corrected chi connectivity index (χ3v) is 4.78. The van der Waals surface area contributed by atoms with Crippen molar-refractivity contribution < 1.29 is 9.53 Å². The number of esters is 1. The number of aryl methyl sites for hydroxylation is 1. The van der Waals surface area contributed by atoms with E-state index < -0.39 is 0 Å². The van der Waals surface area contributed by atoms with E-state index in [1.165, 1.54) is 22.3 Å². The molecule has 0 aromatic heterocycles. The van der Waals surface area contributed by atoms with Gasteiger partial charge in [0.2, 0.25) is 0 Å². The zero-order valence-corrected chi connectivity index (χ0v) is 14.5. The highest BCUT2D eigenvalue weighted by molar-refractivity contribution is 5.93. The van der Waals surface area contributed by atoms with Crippen LogP contribution in [0.15, 0.2) is 60.7 Å². The molecule has 0 amide bonds. The molecule has 26 heavy (non-hydrogen) atoms. The summed E-state index contributed by atoms with van der Waals surface area (Å²) >= 11 is 0. The highest BCUT2D eigenvalue weighted by Crippen LogP contribution is 2.37. The van der Waals surface area contributed by atoms with Gasteiger partial charge in [-0.1, -0.05) is 31.2 Å². The largest absolute Gasteiger partial charge is 0.423 e. The summed E-state index contributed by atoms with van der Waals surface area (Å²) in [6.07, 6.45) is 1.86. The highest BCUT2D eigenvalue weighted by Gasteiger charge is 2.20. The third kappa shape index (κ3) is 2.87. The van der Waals surface area contributed by atoms with Crippen LogP contribution in [0.3, 0.4) is 0 Å². The van der Waals surface area contributed by atoms with Gasteiger partial charge in [0.15, 0.2) is 0 Å². The number of ether oxygens (including phenoxy) is 1. The van der Waals surface area contributed by atoms with Crippen LogP contribution in [0, 0.1) is 11.3 Å². The van der Waals surface area contributed by atoms with E-state index in [2.05, 4.69) is 25.1 Å². The molecule has 126 valence electrons. The first kappa shape index (κ1) is 16.1. The molecule has 0 heterocycles. The summed E-state index contributed by atoms with van der Waals surface area (Å²) in [5, 5.41) is 8.83. The molecular weight excluding hydrogens is 322 g/mol. The number of nitrogens with zero attached hydrogens (tertiary/aromatic N) is 1. The Balaban J connectivity index is 1.57. The minimum Gasteiger partial charge on any atom is -0.423 e. The maximum Gasteiger partial charge on any atom is 0.343 e. The lowest BCUT2D eigenvalue weighted by atomic mass is 10.0. The van der Waals surface area contributed by atoms with E-state index in [4.69, 9.17) is 10.00 Å². The molecule has 0 radical (unpaired) electrons. The Morgan fingerprint density at radius 3 is 2.38 bits per heavy atom. The van der Waals surface area contributed by atoms with E-state index in [1.807, 2.05) is 24.3 Å². The maximum absolute atomic E-state index is 12.5. The fourth-order valence-corrected chi connectivity index (χ4v) is 3.37. The maximum atomic E-state index is 12.5. The van der Waals surface area contributed by atoms with E-state index >= 15 is 0 Å². The van der Waals surface area contributed by atoms with E-state index in [1.54, 1.807) is 24.3 Å². The lowest BCUT2D eigenvalue weighted by Crippen LogP contribution is -2.08. The van der Waals surface area contributed by atoms with Gasteiger partial charge in [-0.15, -0.1) is 0 Å². The third-order valence-electron chi connectivity index (χ3n) is 4.78. The molecule has 0 unspecified atom stereocenters. The van der Waals surface area contributed by atoms with Crippen molar-refractivity contribution in [3.8, 4) is 22.9 Å². The molecule has 0 spiro atoms. The molecule has 0 N–H and O–H groups in total. The number of fused-ring (bicyclic) bond motifs is 3. The van der Waals surface area contributed by atoms with Crippen LogP contribution in [-0.2, 0) is 12.8 Å². The van der Waals surface area contributed by atoms with Crippen molar-refractivity contribution in [2.45, 2.75) is 19.8 Å². The molecule has 1 aliphatic rings. The van der Waals surface area contributed by atoms with Gasteiger partial charge in [-0.3, -0.25) is 0 Å². The summed E-state index contributed by atoms with van der Waals surface area (Å²) in [6, 6.07) is 20.9. The van der Waals surface area contributed by atoms with Crippen LogP contribution in [-0.4, -0.2) is 5.97 Å². The lowest BCUT2D eigenvalue weighted by molar-refractivity contribution is 0.0734. The number of rotatable bonds is 3. The van der Waals surface area contributed by atoms with E-state index in [0.29, 0.717) is 16.9 Å². The predicted molar refractivity (Wildman–Crippen MR) is 100 cm³/mol. The van der Waals surface area contributed by atoms with Crippen LogP contribution in [0.25, 0.3) is 11.1 Å². The standard InChI is InChI=1S/C23H17NO2/c1-2-15-5-9-21-18(11-15)13-19-12-17(6-10-22(19)21)23(25)26-20-7-3-16(14-24)4-8-20/h3-12H,2,13H2,1H3. The Labute approximate surface area is 152 Å². The molecule has 3 heteroatoms. The van der Waals surface area contributed by atoms with E-state index in [-0.39, 0.29) is 5.97 Å². The van der Waals surface area contributed by atoms with E-state index in [0.717, 1.165) is 18.4 Å². The number of benzene rings is 3. The van der Waals surface area contributed by atoms with Crippen molar-refractivity contribution in [3.05, 3.63) is 88.5 Å². The van der Waals surface area contributed by atoms with Crippen molar-refractivity contribution in [3.63, 3.8) is 0 Å². The van der Waals surface area contributed by atoms with Gasteiger partial charge in [-0.2, -0.15) is 5.26 Å². The van der Waals surface area contributed by atoms with Crippen molar-refractivity contribution in [2.24, 2.45) is 0 Å². The molecule has 1 aliphatic carbocycles. The van der Waals surface area contributed by atoms with Crippen LogP contribution in [0.1, 0.15) is 39.5 Å². The second-order valence-corrected chi connectivity index (χ2v) is 6.42. The topological polar surface area (TPSA) is 50.1 Å². The molecular formula is C23H17NO2. The normalized spacial score (nSPS) is 11.4. The lowest BCUT2D eigenvalue weighted by Gasteiger charge is -2.07. The summed E-state index contributed by atoms with van der Waals surface area (Å²) in [4.78, 5) is 12.5. The summed E-state index contributed by atoms with van der Waals surface area (Å²) in [5.74, 6) is 0.0492. The molecule has 3 nitrogen and oxygen atoms in total. The number of carbonyl (C=O) groups excluding carboxylic acids is 1. The van der Waals surface area contributed by atoms with Crippen molar-refractivity contribution in [2.75, 3.05) is 0 Å². The van der Waals surface area contributed by atoms with Gasteiger partial charge in [0.25, 0.3) is 0 Å². The summed E-state index contributed by atoms with van der Waals surface area (Å²) < 4.78 is 5.42. The highest BCUT2D eigenvalue weighted by atomic mass is 16.5. The molecule has 0 fully saturated rings. The van der Waals surface area contributed by atoms with Gasteiger partial charge < -0.3 is 4.74 Å². The van der Waals surface area contributed by atoms with Crippen LogP contribution in [0.4, 0.5) is 0 Å². The summed E-state index contributed by atoms with van der Waals surface area (Å²) in [7, 11) is 0. The van der Waals surface area contributed by atoms with Gasteiger partial charge in [0, 0.05) is 0 Å². The fourth-order valence-electron chi connectivity index (χ4n) is 3.37. The molecule has 0 saturated heterocycles. The Bertz CT molecular complexity index is 1040. The molecule has 0 atom stereocenters. The second-order valence-electron chi connectivity index (χ2n) is 6.42. The Kier molecular flexibility index (Phi) is 4.02. The molecule has 0 bridgehead atoms. The van der Waals surface area contributed by atoms with Crippen molar-refractivity contribution >= 4 is 5.97 Å². The number of carbonyl (C=O) groups is 1. The summed E-state index contributed by atoms with van der Waals surface area (Å²) in [5.41, 5.74) is 7.32. The number of hydrogen-bond acceptors (Lipinski definition) is 3. The van der Waals surface area contributed by atoms with Crippen LogP contribution >= 0.6 is 0 Å². The van der Waals surface area contributed by atoms with Crippen molar-refractivity contribution in [1.82, 2.24) is 0 Å². The Morgan fingerprint density at radius 2 is 1.69 bits per heavy atom. The van der Waals surface area contributed by atoms with Gasteiger partial charge in [-0.25, -0.2) is 4.79 Å². The van der Waals surface area contributed by atoms with Gasteiger partial charge in [0.1, 0.15) is 5.75 Å². The van der Waals surface area contributed by atoms with Crippen LogP contribution < -0.4 is 4.74 Å².